The molecule has 0 heterocycles. The summed E-state index contributed by atoms with van der Waals surface area (Å²) in [6.45, 7) is 0. The Morgan fingerprint density at radius 1 is 0.387 bits per heavy atom. The second-order valence-corrected chi connectivity index (χ2v) is 7.62. The van der Waals surface area contributed by atoms with E-state index in [0.29, 0.717) is 27.8 Å². The average Bonchev–Trinajstić information content (AvgIpc) is 3.10. The molecule has 0 spiro atoms. The number of hydrogen-bond donors (Lipinski definition) is 0. The molecule has 1 aliphatic rings. The van der Waals surface area contributed by atoms with Crippen LogP contribution in [0.3, 0.4) is 0 Å². The van der Waals surface area contributed by atoms with Crippen molar-refractivity contribution in [3.05, 3.63) is 22.8 Å². The van der Waals surface area contributed by atoms with E-state index in [4.69, 9.17) is 94.2 Å². The Bertz CT molecular complexity index is 1240. The lowest BCUT2D eigenvalue weighted by molar-refractivity contribution is 1.05. The summed E-state index contributed by atoms with van der Waals surface area (Å²) in [7, 11) is 74.5. The third kappa shape index (κ3) is 2.93. The van der Waals surface area contributed by atoms with Crippen LogP contribution in [0.4, 0.5) is 0 Å². The third-order valence-electron chi connectivity index (χ3n) is 6.05. The van der Waals surface area contributed by atoms with Crippen molar-refractivity contribution in [3.63, 3.8) is 0 Å². The highest BCUT2D eigenvalue weighted by Crippen LogP contribution is 2.42. The largest absolute Gasteiger partial charge is 0.113 e. The van der Waals surface area contributed by atoms with Crippen LogP contribution in [-0.2, 0) is 0 Å². The zero-order chi connectivity index (χ0) is 23.1. The van der Waals surface area contributed by atoms with Gasteiger partial charge in [0.2, 0.25) is 0 Å². The van der Waals surface area contributed by atoms with Crippen molar-refractivity contribution in [1.82, 2.24) is 0 Å². The Balaban J connectivity index is 2.27. The monoisotopic (exact) mass is 362 g/mol. The van der Waals surface area contributed by atoms with Crippen molar-refractivity contribution in [1.29, 1.82) is 0 Å². The number of rotatable bonds is 1. The van der Waals surface area contributed by atoms with E-state index < -0.39 is 5.92 Å². The third-order valence-corrected chi connectivity index (χ3v) is 6.05. The highest BCUT2D eigenvalue weighted by atomic mass is 14.4. The number of fused-ring (bicyclic) bond motifs is 3. The van der Waals surface area contributed by atoms with Gasteiger partial charge in [0.05, 0.1) is 0 Å². The maximum Gasteiger partial charge on any atom is 0.113 e. The Morgan fingerprint density at radius 2 is 0.742 bits per heavy atom. The zero-order valence-electron chi connectivity index (χ0n) is 16.6. The molecule has 3 aromatic carbocycles. The number of benzene rings is 3. The minimum atomic E-state index is -0.703. The Hall–Kier alpha value is -1.56. The van der Waals surface area contributed by atoms with Gasteiger partial charge in [0.1, 0.15) is 94.2 Å². The Morgan fingerprint density at radius 3 is 1.16 bits per heavy atom. The molecule has 0 amide bonds. The van der Waals surface area contributed by atoms with E-state index in [9.17, 15) is 0 Å². The Labute approximate surface area is 199 Å². The quantitative estimate of drug-likeness (QED) is 0.296. The zero-order valence-corrected chi connectivity index (χ0v) is 16.6. The van der Waals surface area contributed by atoms with Crippen molar-refractivity contribution in [2.75, 3.05) is 0 Å². The fourth-order valence-electron chi connectivity index (χ4n) is 4.31. The molecule has 114 valence electrons. The molecular formula is C19H2B12. The van der Waals surface area contributed by atoms with E-state index in [2.05, 4.69) is 0 Å². The lowest BCUT2D eigenvalue weighted by Gasteiger charge is -2.27. The molecule has 4 rings (SSSR count). The van der Waals surface area contributed by atoms with Gasteiger partial charge in [0, 0.05) is 5.92 Å². The van der Waals surface area contributed by atoms with E-state index in [-0.39, 0.29) is 65.6 Å². The fraction of sp³-hybridized carbons (Fsp3) is 0.0526. The molecule has 0 nitrogen and oxygen atoms in total. The predicted octanol–water partition coefficient (Wildman–Crippen LogP) is -9.63. The minimum absolute atomic E-state index is 0.112. The Kier molecular flexibility index (Phi) is 5.47. The van der Waals surface area contributed by atoms with Gasteiger partial charge >= 0.3 is 0 Å². The maximum absolute atomic E-state index is 6.41. The summed E-state index contributed by atoms with van der Waals surface area (Å²) in [6, 6.07) is 1.59. The van der Waals surface area contributed by atoms with Crippen LogP contribution in [0.2, 0.25) is 0 Å². The highest BCUT2D eigenvalue weighted by Gasteiger charge is 2.36. The van der Waals surface area contributed by atoms with E-state index in [1.54, 1.807) is 6.07 Å². The van der Waals surface area contributed by atoms with Crippen LogP contribution >= 0.6 is 0 Å². The van der Waals surface area contributed by atoms with Crippen LogP contribution in [0.15, 0.2) is 6.07 Å². The van der Waals surface area contributed by atoms with Gasteiger partial charge in [0.25, 0.3) is 0 Å². The van der Waals surface area contributed by atoms with Crippen LogP contribution in [0.1, 0.15) is 22.6 Å². The van der Waals surface area contributed by atoms with Crippen LogP contribution in [0.25, 0.3) is 11.1 Å². The molecule has 0 saturated heterocycles. The van der Waals surface area contributed by atoms with Crippen molar-refractivity contribution >= 4 is 160 Å². The van der Waals surface area contributed by atoms with Crippen molar-refractivity contribution in [3.8, 4) is 11.1 Å². The molecule has 1 aliphatic carbocycles. The standard InChI is InChI=1S/C19H2B12/c20-3-1-2(9(21)15(27)10(3)22)4-5-7(13(25)18(30)16(28)11(5)23)8-6(4)12(24)17(29)19(31)14(8)26/h1,4H. The summed E-state index contributed by atoms with van der Waals surface area (Å²) >= 11 is 0. The minimum Gasteiger partial charge on any atom is -0.111 e. The molecule has 0 bridgehead atoms. The number of hydrogen-bond acceptors (Lipinski definition) is 0. The summed E-state index contributed by atoms with van der Waals surface area (Å²) in [5.41, 5.74) is 4.26. The molecule has 12 heteroatoms. The molecule has 0 aromatic heterocycles. The summed E-state index contributed by atoms with van der Waals surface area (Å²) in [4.78, 5) is 0. The second kappa shape index (κ2) is 7.50. The van der Waals surface area contributed by atoms with Crippen LogP contribution in [-0.4, -0.2) is 94.2 Å². The van der Waals surface area contributed by atoms with E-state index in [1.807, 2.05) is 0 Å². The van der Waals surface area contributed by atoms with Gasteiger partial charge in [-0.25, -0.2) is 0 Å². The summed E-state index contributed by atoms with van der Waals surface area (Å²) in [6.07, 6.45) is 0. The lowest BCUT2D eigenvalue weighted by Crippen LogP contribution is -2.51. The van der Waals surface area contributed by atoms with Gasteiger partial charge in [0.15, 0.2) is 0 Å². The van der Waals surface area contributed by atoms with Gasteiger partial charge in [-0.1, -0.05) is 27.9 Å². The van der Waals surface area contributed by atoms with Crippen LogP contribution in [0.5, 0.6) is 0 Å². The van der Waals surface area contributed by atoms with E-state index >= 15 is 0 Å². The summed E-state index contributed by atoms with van der Waals surface area (Å²) in [5, 5.41) is 0. The smallest absolute Gasteiger partial charge is 0.111 e. The second-order valence-electron chi connectivity index (χ2n) is 7.62. The molecule has 24 radical (unpaired) electrons. The average molecular weight is 360 g/mol. The SMILES string of the molecule is [B]c1cc(C2c3c([B])c([B])c([B])c([B])c3-c3c([B])c([B])c([B])c([B])c32)c([B])c([B])c1[B]. The summed E-state index contributed by atoms with van der Waals surface area (Å²) in [5.74, 6) is -0.703. The van der Waals surface area contributed by atoms with Crippen molar-refractivity contribution < 1.29 is 0 Å². The van der Waals surface area contributed by atoms with Gasteiger partial charge in [-0.3, -0.25) is 0 Å². The van der Waals surface area contributed by atoms with Crippen molar-refractivity contribution in [2.24, 2.45) is 0 Å². The van der Waals surface area contributed by atoms with E-state index in [0.717, 1.165) is 0 Å². The lowest BCUT2D eigenvalue weighted by atomic mass is 9.60. The van der Waals surface area contributed by atoms with Gasteiger partial charge in [-0.2, -0.15) is 0 Å². The first-order valence-electron chi connectivity index (χ1n) is 9.16. The highest BCUT2D eigenvalue weighted by molar-refractivity contribution is 6.68. The molecule has 3 aromatic rings. The fourth-order valence-corrected chi connectivity index (χ4v) is 4.31. The van der Waals surface area contributed by atoms with Crippen LogP contribution < -0.4 is 65.6 Å². The van der Waals surface area contributed by atoms with Gasteiger partial charge in [-0.05, 0) is 27.8 Å². The van der Waals surface area contributed by atoms with Crippen LogP contribution in [0, 0.1) is 0 Å². The van der Waals surface area contributed by atoms with E-state index in [1.165, 1.54) is 0 Å². The predicted molar refractivity (Wildman–Crippen MR) is 144 cm³/mol. The normalized spacial score (nSPS) is 12.6. The molecule has 0 aliphatic heterocycles. The topological polar surface area (TPSA) is 0 Å². The first-order chi connectivity index (χ1) is 14.4. The molecule has 0 atom stereocenters. The molecule has 0 unspecified atom stereocenters. The van der Waals surface area contributed by atoms with Crippen molar-refractivity contribution in [2.45, 2.75) is 5.92 Å². The molecule has 31 heavy (non-hydrogen) atoms. The summed E-state index contributed by atoms with van der Waals surface area (Å²) < 4.78 is 0. The molecule has 0 saturated carbocycles. The maximum atomic E-state index is 6.41. The molecule has 0 N–H and O–H groups in total. The first kappa shape index (κ1) is 22.6. The van der Waals surface area contributed by atoms with Gasteiger partial charge in [-0.15, -0.1) is 43.7 Å². The molecule has 0 fully saturated rings. The first-order valence-corrected chi connectivity index (χ1v) is 9.16. The molecular weight excluding hydrogens is 358 g/mol. The van der Waals surface area contributed by atoms with Gasteiger partial charge < -0.3 is 0 Å².